The number of carboxylic acid groups (broad SMARTS) is 2. The summed E-state index contributed by atoms with van der Waals surface area (Å²) < 4.78 is 4.28. The summed E-state index contributed by atoms with van der Waals surface area (Å²) in [5, 5.41) is 16.3. The quantitative estimate of drug-likeness (QED) is 0.628. The van der Waals surface area contributed by atoms with E-state index in [0.717, 1.165) is 6.54 Å². The molecule has 0 aromatic carbocycles. The topological polar surface area (TPSA) is 109 Å². The van der Waals surface area contributed by atoms with Crippen LogP contribution in [0.4, 0.5) is 0 Å². The van der Waals surface area contributed by atoms with Crippen molar-refractivity contribution in [1.29, 1.82) is 0 Å². The standard InChI is InChI=1S/C8H15N2.C5H9NO4/c1-3-4-5-10-7-6-9(2)8-10;6-3(5(9)10)1-2-4(7)8/h6-8H,3-5H2,1-2H3;3H,1-2,6H2,(H,7,8)(H,9,10)/q+1;. The highest BCUT2D eigenvalue weighted by Crippen LogP contribution is 1.93. The van der Waals surface area contributed by atoms with Crippen LogP contribution in [0.1, 0.15) is 32.6 Å². The number of imidazole rings is 1. The van der Waals surface area contributed by atoms with Crippen LogP contribution in [-0.2, 0) is 23.2 Å². The fourth-order valence-electron chi connectivity index (χ4n) is 1.38. The van der Waals surface area contributed by atoms with Gasteiger partial charge >= 0.3 is 11.9 Å². The number of carbonyl (C=O) groups is 2. The molecule has 0 radical (unpaired) electrons. The van der Waals surface area contributed by atoms with Crippen molar-refractivity contribution in [3.63, 3.8) is 0 Å². The maximum absolute atomic E-state index is 9.99. The van der Waals surface area contributed by atoms with Gasteiger partial charge in [0.15, 0.2) is 0 Å². The van der Waals surface area contributed by atoms with Crippen LogP contribution in [0.15, 0.2) is 18.7 Å². The summed E-state index contributed by atoms with van der Waals surface area (Å²) in [7, 11) is 2.04. The lowest BCUT2D eigenvalue weighted by atomic mass is 10.2. The van der Waals surface area contributed by atoms with E-state index in [1.165, 1.54) is 12.8 Å². The van der Waals surface area contributed by atoms with Gasteiger partial charge in [0.2, 0.25) is 6.33 Å². The first-order valence-corrected chi connectivity index (χ1v) is 6.58. The Morgan fingerprint density at radius 2 is 2.05 bits per heavy atom. The summed E-state index contributed by atoms with van der Waals surface area (Å²) >= 11 is 0. The van der Waals surface area contributed by atoms with Crippen LogP contribution >= 0.6 is 0 Å². The zero-order valence-corrected chi connectivity index (χ0v) is 12.0. The van der Waals surface area contributed by atoms with Crippen LogP contribution in [0, 0.1) is 0 Å². The van der Waals surface area contributed by atoms with Crippen molar-refractivity contribution in [3.8, 4) is 0 Å². The smallest absolute Gasteiger partial charge is 0.320 e. The van der Waals surface area contributed by atoms with Gasteiger partial charge in [0.05, 0.1) is 13.6 Å². The summed E-state index contributed by atoms with van der Waals surface area (Å²) in [6.07, 6.45) is 8.59. The van der Waals surface area contributed by atoms with Crippen LogP contribution in [0.25, 0.3) is 0 Å². The molecular weight excluding hydrogens is 262 g/mol. The van der Waals surface area contributed by atoms with E-state index in [1.54, 1.807) is 0 Å². The summed E-state index contributed by atoms with van der Waals surface area (Å²) in [6.45, 7) is 3.36. The summed E-state index contributed by atoms with van der Waals surface area (Å²) in [5.74, 6) is -2.20. The number of aliphatic carboxylic acids is 2. The van der Waals surface area contributed by atoms with E-state index in [2.05, 4.69) is 34.8 Å². The fraction of sp³-hybridized carbons (Fsp3) is 0.615. The molecule has 1 aromatic heterocycles. The summed E-state index contributed by atoms with van der Waals surface area (Å²) in [5.41, 5.74) is 5.00. The number of hydrogen-bond acceptors (Lipinski definition) is 3. The van der Waals surface area contributed by atoms with E-state index < -0.39 is 18.0 Å². The minimum absolute atomic E-state index is 0.0231. The zero-order chi connectivity index (χ0) is 15.5. The van der Waals surface area contributed by atoms with E-state index >= 15 is 0 Å². The molecule has 4 N–H and O–H groups in total. The maximum Gasteiger partial charge on any atom is 0.320 e. The molecule has 1 rings (SSSR count). The van der Waals surface area contributed by atoms with E-state index in [9.17, 15) is 9.59 Å². The second kappa shape index (κ2) is 9.96. The fourth-order valence-corrected chi connectivity index (χ4v) is 1.38. The van der Waals surface area contributed by atoms with Gasteiger partial charge in [-0.1, -0.05) is 13.3 Å². The lowest BCUT2D eigenvalue weighted by molar-refractivity contribution is -0.671. The second-order valence-electron chi connectivity index (χ2n) is 4.55. The second-order valence-corrected chi connectivity index (χ2v) is 4.55. The lowest BCUT2D eigenvalue weighted by Gasteiger charge is -2.01. The first kappa shape index (κ1) is 18.1. The van der Waals surface area contributed by atoms with Crippen LogP contribution in [0.5, 0.6) is 0 Å². The van der Waals surface area contributed by atoms with Crippen LogP contribution < -0.4 is 10.3 Å². The zero-order valence-electron chi connectivity index (χ0n) is 12.0. The molecule has 7 heteroatoms. The first-order chi connectivity index (χ1) is 9.36. The van der Waals surface area contributed by atoms with Crippen molar-refractivity contribution in [2.45, 2.75) is 45.2 Å². The Bertz CT molecular complexity index is 418. The third kappa shape index (κ3) is 9.09. The lowest BCUT2D eigenvalue weighted by Crippen LogP contribution is -2.30. The molecule has 0 amide bonds. The van der Waals surface area contributed by atoms with Crippen LogP contribution in [0.3, 0.4) is 0 Å². The molecule has 0 bridgehead atoms. The highest BCUT2D eigenvalue weighted by atomic mass is 16.4. The number of carboxylic acids is 2. The largest absolute Gasteiger partial charge is 0.481 e. The number of aryl methyl sites for hydroxylation is 2. The average molecular weight is 286 g/mol. The number of unbranched alkanes of at least 4 members (excludes halogenated alkanes) is 1. The van der Waals surface area contributed by atoms with E-state index in [0.29, 0.717) is 0 Å². The van der Waals surface area contributed by atoms with Crippen molar-refractivity contribution in [2.24, 2.45) is 12.8 Å². The minimum Gasteiger partial charge on any atom is -0.481 e. The van der Waals surface area contributed by atoms with Gasteiger partial charge in [-0.2, -0.15) is 0 Å². The molecule has 1 atom stereocenters. The van der Waals surface area contributed by atoms with Gasteiger partial charge in [-0.25, -0.2) is 9.13 Å². The molecular formula is C13H24N3O4+. The van der Waals surface area contributed by atoms with Gasteiger partial charge in [0.1, 0.15) is 18.4 Å². The third-order valence-electron chi connectivity index (χ3n) is 2.58. The predicted molar refractivity (Wildman–Crippen MR) is 73.0 cm³/mol. The molecule has 0 saturated carbocycles. The van der Waals surface area contributed by atoms with E-state index in [-0.39, 0.29) is 12.8 Å². The van der Waals surface area contributed by atoms with Crippen molar-refractivity contribution >= 4 is 11.9 Å². The molecule has 0 aliphatic rings. The normalized spacial score (nSPS) is 11.3. The molecule has 7 nitrogen and oxygen atoms in total. The van der Waals surface area contributed by atoms with Gasteiger partial charge in [0.25, 0.3) is 0 Å². The Kier molecular flexibility index (Phi) is 9.02. The molecule has 114 valence electrons. The number of nitrogens with zero attached hydrogens (tertiary/aromatic N) is 2. The average Bonchev–Trinajstić information content (AvgIpc) is 2.79. The van der Waals surface area contributed by atoms with Crippen molar-refractivity contribution in [3.05, 3.63) is 18.7 Å². The SMILES string of the molecule is CCCCn1cc[n+](C)c1.NC(CCC(=O)O)C(=O)O. The monoisotopic (exact) mass is 286 g/mol. The Morgan fingerprint density at radius 3 is 2.45 bits per heavy atom. The van der Waals surface area contributed by atoms with Crippen LogP contribution in [-0.4, -0.2) is 32.8 Å². The number of nitrogens with two attached hydrogens (primary N) is 1. The van der Waals surface area contributed by atoms with Gasteiger partial charge in [0, 0.05) is 6.42 Å². The molecule has 0 fully saturated rings. The molecule has 1 unspecified atom stereocenters. The first-order valence-electron chi connectivity index (χ1n) is 6.58. The summed E-state index contributed by atoms with van der Waals surface area (Å²) in [6, 6.07) is -1.06. The van der Waals surface area contributed by atoms with Crippen molar-refractivity contribution in [1.82, 2.24) is 4.57 Å². The molecule has 0 aliphatic carbocycles. The minimum atomic E-state index is -1.17. The Hall–Kier alpha value is -1.89. The molecule has 0 saturated heterocycles. The molecule has 1 aromatic rings. The Balaban J connectivity index is 0.000000361. The highest BCUT2D eigenvalue weighted by Gasteiger charge is 2.12. The molecule has 0 spiro atoms. The summed E-state index contributed by atoms with van der Waals surface area (Å²) in [4.78, 5) is 19.9. The Morgan fingerprint density at radius 1 is 1.40 bits per heavy atom. The Labute approximate surface area is 118 Å². The van der Waals surface area contributed by atoms with Crippen LogP contribution in [0.2, 0.25) is 0 Å². The maximum atomic E-state index is 9.99. The van der Waals surface area contributed by atoms with Gasteiger partial charge in [-0.3, -0.25) is 9.59 Å². The van der Waals surface area contributed by atoms with E-state index in [4.69, 9.17) is 15.9 Å². The predicted octanol–water partition coefficient (Wildman–Crippen LogP) is 0.376. The molecule has 20 heavy (non-hydrogen) atoms. The molecule has 0 aliphatic heterocycles. The third-order valence-corrected chi connectivity index (χ3v) is 2.58. The van der Waals surface area contributed by atoms with Gasteiger partial charge < -0.3 is 15.9 Å². The van der Waals surface area contributed by atoms with Gasteiger partial charge in [-0.05, 0) is 12.8 Å². The molecule has 1 heterocycles. The number of aromatic nitrogens is 2. The van der Waals surface area contributed by atoms with E-state index in [1.807, 2.05) is 7.05 Å². The highest BCUT2D eigenvalue weighted by molar-refractivity contribution is 5.74. The van der Waals surface area contributed by atoms with Crippen molar-refractivity contribution < 1.29 is 24.4 Å². The number of rotatable bonds is 7. The van der Waals surface area contributed by atoms with Crippen molar-refractivity contribution in [2.75, 3.05) is 0 Å². The number of hydrogen-bond donors (Lipinski definition) is 3. The van der Waals surface area contributed by atoms with Gasteiger partial charge in [-0.15, -0.1) is 0 Å².